The Kier molecular flexibility index (Phi) is 4.47. The minimum Gasteiger partial charge on any atom is -0.456 e. The largest absolute Gasteiger partial charge is 0.456 e. The Morgan fingerprint density at radius 2 is 2.24 bits per heavy atom. The van der Waals surface area contributed by atoms with Crippen LogP contribution >= 0.6 is 11.6 Å². The zero-order chi connectivity index (χ0) is 15.6. The molecule has 0 aliphatic carbocycles. The summed E-state index contributed by atoms with van der Waals surface area (Å²) in [4.78, 5) is 12.1. The van der Waals surface area contributed by atoms with Crippen LogP contribution in [0.3, 0.4) is 0 Å². The first-order valence-corrected chi connectivity index (χ1v) is 6.75. The molecule has 0 fully saturated rings. The van der Waals surface area contributed by atoms with E-state index in [0.717, 1.165) is 0 Å². The van der Waals surface area contributed by atoms with Crippen LogP contribution in [-0.2, 0) is 17.9 Å². The second-order valence-electron chi connectivity index (χ2n) is 4.48. The number of nitrogen functional groups attached to an aromatic ring is 1. The Morgan fingerprint density at radius 3 is 2.90 bits per heavy atom. The summed E-state index contributed by atoms with van der Waals surface area (Å²) >= 11 is 5.78. The number of carbonyl (C=O) groups is 1. The number of nitrogens with two attached hydrogens (primary N) is 1. The Hall–Kier alpha value is -2.08. The molecule has 7 heteroatoms. The van der Waals surface area contributed by atoms with Gasteiger partial charge in [0.2, 0.25) is 0 Å². The quantitative estimate of drug-likeness (QED) is 0.881. The number of esters is 1. The van der Waals surface area contributed by atoms with E-state index in [1.165, 1.54) is 22.9 Å². The normalized spacial score (nSPS) is 10.7. The Labute approximate surface area is 126 Å². The second kappa shape index (κ2) is 6.13. The van der Waals surface area contributed by atoms with Crippen molar-refractivity contribution >= 4 is 23.3 Å². The average Bonchev–Trinajstić information content (AvgIpc) is 2.75. The summed E-state index contributed by atoms with van der Waals surface area (Å²) in [6.45, 7) is 3.79. The van der Waals surface area contributed by atoms with Crippen LogP contribution in [0.2, 0.25) is 5.02 Å². The third-order valence-electron chi connectivity index (χ3n) is 3.03. The van der Waals surface area contributed by atoms with Crippen molar-refractivity contribution in [2.24, 2.45) is 0 Å². The number of rotatable bonds is 4. The molecule has 0 aliphatic heterocycles. The van der Waals surface area contributed by atoms with Gasteiger partial charge in [0, 0.05) is 17.1 Å². The fourth-order valence-electron chi connectivity index (χ4n) is 1.91. The molecule has 5 nitrogen and oxygen atoms in total. The van der Waals surface area contributed by atoms with E-state index in [1.54, 1.807) is 6.92 Å². The van der Waals surface area contributed by atoms with Gasteiger partial charge in [-0.2, -0.15) is 5.10 Å². The molecular formula is C14H15ClFN3O2. The van der Waals surface area contributed by atoms with Crippen LogP contribution in [0.15, 0.2) is 18.2 Å². The average molecular weight is 312 g/mol. The van der Waals surface area contributed by atoms with Gasteiger partial charge in [-0.25, -0.2) is 9.18 Å². The van der Waals surface area contributed by atoms with E-state index in [4.69, 9.17) is 22.1 Å². The van der Waals surface area contributed by atoms with Crippen LogP contribution in [0.5, 0.6) is 0 Å². The number of nitrogens with zero attached hydrogens (tertiary/aromatic N) is 2. The fraction of sp³-hybridized carbons (Fsp3) is 0.286. The van der Waals surface area contributed by atoms with Gasteiger partial charge in [0.1, 0.15) is 12.4 Å². The maximum atomic E-state index is 13.6. The first kappa shape index (κ1) is 15.3. The summed E-state index contributed by atoms with van der Waals surface area (Å²) in [5.74, 6) is -1.13. The topological polar surface area (TPSA) is 70.1 Å². The number of ether oxygens (including phenoxy) is 1. The molecule has 2 rings (SSSR count). The predicted octanol–water partition coefficient (Wildman–Crippen LogP) is 2.94. The lowest BCUT2D eigenvalue weighted by molar-refractivity contribution is 0.0456. The van der Waals surface area contributed by atoms with Gasteiger partial charge in [0.25, 0.3) is 0 Å². The van der Waals surface area contributed by atoms with E-state index < -0.39 is 11.8 Å². The van der Waals surface area contributed by atoms with Gasteiger partial charge in [-0.3, -0.25) is 4.68 Å². The SMILES string of the molecule is CCn1nc(C)c(N)c1C(=O)OCc1cc(Cl)ccc1F. The van der Waals surface area contributed by atoms with Crippen LogP contribution in [0.25, 0.3) is 0 Å². The summed E-state index contributed by atoms with van der Waals surface area (Å²) in [6, 6.07) is 4.06. The highest BCUT2D eigenvalue weighted by atomic mass is 35.5. The number of hydrogen-bond donors (Lipinski definition) is 1. The maximum absolute atomic E-state index is 13.6. The smallest absolute Gasteiger partial charge is 0.359 e. The zero-order valence-corrected chi connectivity index (χ0v) is 12.4. The molecule has 2 N–H and O–H groups in total. The van der Waals surface area contributed by atoms with Crippen LogP contribution in [0, 0.1) is 12.7 Å². The lowest BCUT2D eigenvalue weighted by Gasteiger charge is -2.08. The third-order valence-corrected chi connectivity index (χ3v) is 3.27. The van der Waals surface area contributed by atoms with Gasteiger partial charge < -0.3 is 10.5 Å². The van der Waals surface area contributed by atoms with E-state index >= 15 is 0 Å². The highest BCUT2D eigenvalue weighted by molar-refractivity contribution is 6.30. The Morgan fingerprint density at radius 1 is 1.52 bits per heavy atom. The van der Waals surface area contributed by atoms with E-state index in [1.807, 2.05) is 6.92 Å². The van der Waals surface area contributed by atoms with Crippen LogP contribution < -0.4 is 5.73 Å². The van der Waals surface area contributed by atoms with Crippen molar-refractivity contribution in [2.75, 3.05) is 5.73 Å². The lowest BCUT2D eigenvalue weighted by atomic mass is 10.2. The first-order chi connectivity index (χ1) is 9.93. The molecule has 0 radical (unpaired) electrons. The Bertz CT molecular complexity index is 685. The number of hydrogen-bond acceptors (Lipinski definition) is 4. The van der Waals surface area contributed by atoms with Gasteiger partial charge in [0.05, 0.1) is 11.4 Å². The van der Waals surface area contributed by atoms with Gasteiger partial charge in [-0.15, -0.1) is 0 Å². The van der Waals surface area contributed by atoms with Crippen molar-refractivity contribution in [3.05, 3.63) is 46.0 Å². The highest BCUT2D eigenvalue weighted by Crippen LogP contribution is 2.20. The van der Waals surface area contributed by atoms with Crippen molar-refractivity contribution in [1.82, 2.24) is 9.78 Å². The molecule has 0 unspecified atom stereocenters. The molecule has 0 aliphatic rings. The summed E-state index contributed by atoms with van der Waals surface area (Å²) in [7, 11) is 0. The highest BCUT2D eigenvalue weighted by Gasteiger charge is 2.21. The molecule has 0 amide bonds. The fourth-order valence-corrected chi connectivity index (χ4v) is 2.10. The monoisotopic (exact) mass is 311 g/mol. The molecule has 1 aromatic carbocycles. The molecule has 0 saturated heterocycles. The molecule has 0 bridgehead atoms. The van der Waals surface area contributed by atoms with Crippen LogP contribution in [0.1, 0.15) is 28.7 Å². The van der Waals surface area contributed by atoms with Crippen molar-refractivity contribution in [2.45, 2.75) is 27.0 Å². The molecule has 21 heavy (non-hydrogen) atoms. The molecular weight excluding hydrogens is 297 g/mol. The molecule has 1 heterocycles. The summed E-state index contributed by atoms with van der Waals surface area (Å²) in [5, 5.41) is 4.50. The molecule has 0 saturated carbocycles. The number of anilines is 1. The second-order valence-corrected chi connectivity index (χ2v) is 4.91. The summed E-state index contributed by atoms with van der Waals surface area (Å²) in [6.07, 6.45) is 0. The summed E-state index contributed by atoms with van der Waals surface area (Å²) in [5.41, 5.74) is 7.03. The maximum Gasteiger partial charge on any atom is 0.359 e. The van der Waals surface area contributed by atoms with Gasteiger partial charge in [0.15, 0.2) is 5.69 Å². The number of carbonyl (C=O) groups excluding carboxylic acids is 1. The van der Waals surface area contributed by atoms with Gasteiger partial charge in [-0.05, 0) is 32.0 Å². The molecule has 2 aromatic rings. The summed E-state index contributed by atoms with van der Waals surface area (Å²) < 4.78 is 20.1. The number of aromatic nitrogens is 2. The minimum atomic E-state index is -0.644. The van der Waals surface area contributed by atoms with Crippen molar-refractivity contribution in [3.8, 4) is 0 Å². The van der Waals surface area contributed by atoms with Crippen LogP contribution in [0.4, 0.5) is 10.1 Å². The number of benzene rings is 1. The van der Waals surface area contributed by atoms with Crippen molar-refractivity contribution < 1.29 is 13.9 Å². The van der Waals surface area contributed by atoms with E-state index in [0.29, 0.717) is 17.3 Å². The first-order valence-electron chi connectivity index (χ1n) is 6.38. The van der Waals surface area contributed by atoms with Gasteiger partial charge >= 0.3 is 5.97 Å². The zero-order valence-electron chi connectivity index (χ0n) is 11.7. The van der Waals surface area contributed by atoms with Crippen LogP contribution in [-0.4, -0.2) is 15.7 Å². The molecule has 0 atom stereocenters. The van der Waals surface area contributed by atoms with Crippen molar-refractivity contribution in [3.63, 3.8) is 0 Å². The van der Waals surface area contributed by atoms with Crippen molar-refractivity contribution in [1.29, 1.82) is 0 Å². The third kappa shape index (κ3) is 3.16. The minimum absolute atomic E-state index is 0.178. The molecule has 1 aromatic heterocycles. The van der Waals surface area contributed by atoms with E-state index in [2.05, 4.69) is 5.10 Å². The standard InChI is InChI=1S/C14H15ClFN3O2/c1-3-19-13(12(17)8(2)18-19)14(20)21-7-9-6-10(15)4-5-11(9)16/h4-6H,3,7,17H2,1-2H3. The van der Waals surface area contributed by atoms with E-state index in [-0.39, 0.29) is 23.6 Å². The number of aryl methyl sites for hydroxylation is 2. The van der Waals surface area contributed by atoms with E-state index in [9.17, 15) is 9.18 Å². The molecule has 112 valence electrons. The predicted molar refractivity (Wildman–Crippen MR) is 77.6 cm³/mol. The van der Waals surface area contributed by atoms with Gasteiger partial charge in [-0.1, -0.05) is 11.6 Å². The lowest BCUT2D eigenvalue weighted by Crippen LogP contribution is -2.14. The Balaban J connectivity index is 2.17. The molecule has 0 spiro atoms. The number of halogens is 2.